The quantitative estimate of drug-likeness (QED) is 0.662. The molecule has 0 aromatic carbocycles. The zero-order valence-corrected chi connectivity index (χ0v) is 10.8. The van der Waals surface area contributed by atoms with Crippen LogP contribution < -0.4 is 10.6 Å². The fourth-order valence-electron chi connectivity index (χ4n) is 1.94. The molecule has 0 radical (unpaired) electrons. The Kier molecular flexibility index (Phi) is 6.49. The summed E-state index contributed by atoms with van der Waals surface area (Å²) in [5.41, 5.74) is 0. The summed E-state index contributed by atoms with van der Waals surface area (Å²) in [6.07, 6.45) is 3.05. The van der Waals surface area contributed by atoms with Crippen molar-refractivity contribution < 1.29 is 19.4 Å². The van der Waals surface area contributed by atoms with Gasteiger partial charge in [-0.1, -0.05) is 13.3 Å². The number of hydrogen-bond acceptors (Lipinski definition) is 3. The number of rotatable bonds is 6. The molecular weight excluding hydrogens is 236 g/mol. The Balaban J connectivity index is 2.24. The summed E-state index contributed by atoms with van der Waals surface area (Å²) >= 11 is 0. The number of carbonyl (C=O) groups excluding carboxylic acids is 1. The Morgan fingerprint density at radius 3 is 2.61 bits per heavy atom. The number of nitrogens with one attached hydrogen (secondary N) is 2. The van der Waals surface area contributed by atoms with Crippen molar-refractivity contribution in [2.24, 2.45) is 5.92 Å². The van der Waals surface area contributed by atoms with E-state index in [1.807, 2.05) is 6.92 Å². The van der Waals surface area contributed by atoms with Crippen LogP contribution in [-0.2, 0) is 9.53 Å². The number of ether oxygens (including phenoxy) is 1. The van der Waals surface area contributed by atoms with Gasteiger partial charge in [0.25, 0.3) is 0 Å². The van der Waals surface area contributed by atoms with E-state index in [0.717, 1.165) is 32.5 Å². The van der Waals surface area contributed by atoms with Crippen LogP contribution in [0.3, 0.4) is 0 Å². The molecule has 2 amide bonds. The van der Waals surface area contributed by atoms with Crippen molar-refractivity contribution in [3.8, 4) is 0 Å². The van der Waals surface area contributed by atoms with E-state index in [4.69, 9.17) is 9.84 Å². The zero-order valence-electron chi connectivity index (χ0n) is 10.8. The van der Waals surface area contributed by atoms with Gasteiger partial charge in [-0.2, -0.15) is 0 Å². The molecule has 1 rings (SSSR count). The minimum absolute atomic E-state index is 0.401. The lowest BCUT2D eigenvalue weighted by Crippen LogP contribution is -2.47. The van der Waals surface area contributed by atoms with E-state index in [2.05, 4.69) is 10.6 Å². The highest BCUT2D eigenvalue weighted by molar-refractivity contribution is 5.82. The summed E-state index contributed by atoms with van der Waals surface area (Å²) in [5, 5.41) is 14.1. The van der Waals surface area contributed by atoms with Gasteiger partial charge in [0.2, 0.25) is 0 Å². The predicted molar refractivity (Wildman–Crippen MR) is 66.4 cm³/mol. The fraction of sp³-hybridized carbons (Fsp3) is 0.833. The van der Waals surface area contributed by atoms with Crippen LogP contribution in [0.4, 0.5) is 4.79 Å². The van der Waals surface area contributed by atoms with E-state index in [0.29, 0.717) is 18.9 Å². The Morgan fingerprint density at radius 1 is 1.39 bits per heavy atom. The van der Waals surface area contributed by atoms with E-state index in [-0.39, 0.29) is 0 Å². The maximum Gasteiger partial charge on any atom is 0.326 e. The molecule has 1 aliphatic heterocycles. The summed E-state index contributed by atoms with van der Waals surface area (Å²) in [5.74, 6) is -0.558. The van der Waals surface area contributed by atoms with Gasteiger partial charge in [0.1, 0.15) is 6.04 Å². The van der Waals surface area contributed by atoms with Gasteiger partial charge in [0.15, 0.2) is 0 Å². The topological polar surface area (TPSA) is 87.7 Å². The first-order valence-corrected chi connectivity index (χ1v) is 6.48. The molecule has 1 fully saturated rings. The van der Waals surface area contributed by atoms with E-state index in [1.165, 1.54) is 0 Å². The minimum Gasteiger partial charge on any atom is -0.480 e. The smallest absolute Gasteiger partial charge is 0.326 e. The highest BCUT2D eigenvalue weighted by atomic mass is 16.5. The van der Waals surface area contributed by atoms with Crippen molar-refractivity contribution in [1.29, 1.82) is 0 Å². The van der Waals surface area contributed by atoms with Gasteiger partial charge < -0.3 is 20.5 Å². The van der Waals surface area contributed by atoms with Crippen molar-refractivity contribution in [2.45, 2.75) is 38.6 Å². The highest BCUT2D eigenvalue weighted by Gasteiger charge is 2.19. The molecule has 0 unspecified atom stereocenters. The Labute approximate surface area is 107 Å². The van der Waals surface area contributed by atoms with Crippen LogP contribution in [0.5, 0.6) is 0 Å². The summed E-state index contributed by atoms with van der Waals surface area (Å²) in [6.45, 7) is 3.94. The molecule has 0 bridgehead atoms. The summed E-state index contributed by atoms with van der Waals surface area (Å²) in [4.78, 5) is 22.4. The zero-order chi connectivity index (χ0) is 13.4. The van der Waals surface area contributed by atoms with Crippen molar-refractivity contribution in [3.63, 3.8) is 0 Å². The molecule has 0 saturated carbocycles. The number of carbonyl (C=O) groups is 2. The highest BCUT2D eigenvalue weighted by Crippen LogP contribution is 2.12. The number of carboxylic acids is 1. The molecule has 1 heterocycles. The first-order valence-electron chi connectivity index (χ1n) is 6.48. The van der Waals surface area contributed by atoms with Gasteiger partial charge in [-0.3, -0.25) is 0 Å². The second kappa shape index (κ2) is 7.92. The second-order valence-electron chi connectivity index (χ2n) is 4.59. The van der Waals surface area contributed by atoms with Crippen LogP contribution >= 0.6 is 0 Å². The molecular formula is C12H22N2O4. The molecule has 6 nitrogen and oxygen atoms in total. The molecule has 1 saturated heterocycles. The molecule has 6 heteroatoms. The Morgan fingerprint density at radius 2 is 2.06 bits per heavy atom. The first kappa shape index (κ1) is 14.8. The lowest BCUT2D eigenvalue weighted by atomic mass is 10.0. The third-order valence-electron chi connectivity index (χ3n) is 3.07. The molecule has 104 valence electrons. The monoisotopic (exact) mass is 258 g/mol. The maximum absolute atomic E-state index is 11.6. The molecule has 0 aromatic rings. The van der Waals surface area contributed by atoms with Crippen LogP contribution in [0.2, 0.25) is 0 Å². The Hall–Kier alpha value is -1.30. The van der Waals surface area contributed by atoms with Crippen molar-refractivity contribution >= 4 is 12.0 Å². The molecule has 1 aliphatic rings. The predicted octanol–water partition coefficient (Wildman–Crippen LogP) is 0.965. The van der Waals surface area contributed by atoms with Crippen LogP contribution in [0.15, 0.2) is 0 Å². The molecule has 18 heavy (non-hydrogen) atoms. The third-order valence-corrected chi connectivity index (χ3v) is 3.07. The third kappa shape index (κ3) is 5.35. The minimum atomic E-state index is -0.988. The van der Waals surface area contributed by atoms with Gasteiger partial charge >= 0.3 is 12.0 Å². The SMILES string of the molecule is CCC[C@@H](NC(=O)NCC1CCOCC1)C(=O)O. The number of amides is 2. The van der Waals surface area contributed by atoms with Crippen molar-refractivity contribution in [1.82, 2.24) is 10.6 Å². The number of urea groups is 1. The van der Waals surface area contributed by atoms with Crippen LogP contribution in [0.25, 0.3) is 0 Å². The first-order chi connectivity index (χ1) is 8.63. The van der Waals surface area contributed by atoms with Gasteiger partial charge in [-0.15, -0.1) is 0 Å². The normalized spacial score (nSPS) is 18.1. The molecule has 1 atom stereocenters. The molecule has 0 aromatic heterocycles. The van der Waals surface area contributed by atoms with Crippen molar-refractivity contribution in [2.75, 3.05) is 19.8 Å². The van der Waals surface area contributed by atoms with Gasteiger partial charge in [0.05, 0.1) is 0 Å². The number of hydrogen-bond donors (Lipinski definition) is 3. The maximum atomic E-state index is 11.6. The molecule has 3 N–H and O–H groups in total. The van der Waals surface area contributed by atoms with Crippen LogP contribution in [0, 0.1) is 5.92 Å². The second-order valence-corrected chi connectivity index (χ2v) is 4.59. The summed E-state index contributed by atoms with van der Waals surface area (Å²) < 4.78 is 5.23. The number of carboxylic acid groups (broad SMARTS) is 1. The lowest BCUT2D eigenvalue weighted by Gasteiger charge is -2.22. The van der Waals surface area contributed by atoms with Gasteiger partial charge in [0, 0.05) is 19.8 Å². The Bertz CT molecular complexity index is 277. The molecule has 0 spiro atoms. The van der Waals surface area contributed by atoms with Crippen LogP contribution in [-0.4, -0.2) is 42.9 Å². The largest absolute Gasteiger partial charge is 0.480 e. The van der Waals surface area contributed by atoms with Gasteiger partial charge in [-0.25, -0.2) is 9.59 Å². The van der Waals surface area contributed by atoms with E-state index in [9.17, 15) is 9.59 Å². The average Bonchev–Trinajstić information content (AvgIpc) is 2.37. The average molecular weight is 258 g/mol. The number of aliphatic carboxylic acids is 1. The molecule has 0 aliphatic carbocycles. The van der Waals surface area contributed by atoms with Gasteiger partial charge in [-0.05, 0) is 25.2 Å². The summed E-state index contributed by atoms with van der Waals surface area (Å²) in [6, 6.07) is -1.20. The lowest BCUT2D eigenvalue weighted by molar-refractivity contribution is -0.139. The summed E-state index contributed by atoms with van der Waals surface area (Å²) in [7, 11) is 0. The van der Waals surface area contributed by atoms with E-state index < -0.39 is 18.0 Å². The van der Waals surface area contributed by atoms with Crippen molar-refractivity contribution in [3.05, 3.63) is 0 Å². The standard InChI is InChI=1S/C12H22N2O4/c1-2-3-10(11(15)16)14-12(17)13-8-9-4-6-18-7-5-9/h9-10H,2-8H2,1H3,(H,15,16)(H2,13,14,17)/t10-/m1/s1. The van der Waals surface area contributed by atoms with E-state index in [1.54, 1.807) is 0 Å². The van der Waals surface area contributed by atoms with E-state index >= 15 is 0 Å². The fourth-order valence-corrected chi connectivity index (χ4v) is 1.94. The van der Waals surface area contributed by atoms with Crippen LogP contribution in [0.1, 0.15) is 32.6 Å².